The quantitative estimate of drug-likeness (QED) is 0.779. The summed E-state index contributed by atoms with van der Waals surface area (Å²) in [4.78, 5) is 11.1. The van der Waals surface area contributed by atoms with Crippen LogP contribution in [0.2, 0.25) is 0 Å². The monoisotopic (exact) mass is 203 g/mol. The number of carbonyl (C=O) groups excluding carboxylic acids is 1. The molecule has 0 saturated heterocycles. The number of amides is 2. The molecule has 0 fully saturated rings. The Labute approximate surface area is 88.9 Å². The van der Waals surface area contributed by atoms with Gasteiger partial charge in [-0.25, -0.2) is 4.79 Å². The smallest absolute Gasteiger partial charge is 0.315 e. The second-order valence-electron chi connectivity index (χ2n) is 3.02. The van der Waals surface area contributed by atoms with Gasteiger partial charge < -0.3 is 10.6 Å². The predicted molar refractivity (Wildman–Crippen MR) is 57.1 cm³/mol. The number of urea groups is 1. The van der Waals surface area contributed by atoms with Crippen molar-refractivity contribution in [1.82, 2.24) is 10.6 Å². The lowest BCUT2D eigenvalue weighted by Gasteiger charge is -2.05. The van der Waals surface area contributed by atoms with Gasteiger partial charge in [0.1, 0.15) is 0 Å². The second kappa shape index (κ2) is 5.66. The van der Waals surface area contributed by atoms with Crippen LogP contribution in [0.5, 0.6) is 0 Å². The van der Waals surface area contributed by atoms with Crippen molar-refractivity contribution in [3.05, 3.63) is 35.4 Å². The number of nitrogens with one attached hydrogen (secondary N) is 2. The molecule has 0 aliphatic rings. The van der Waals surface area contributed by atoms with E-state index in [0.717, 1.165) is 5.56 Å². The van der Waals surface area contributed by atoms with Gasteiger partial charge in [-0.15, -0.1) is 0 Å². The molecule has 0 bridgehead atoms. The molecule has 78 valence electrons. The zero-order valence-corrected chi connectivity index (χ0v) is 8.58. The highest BCUT2D eigenvalue weighted by Gasteiger charge is 1.98. The Bertz CT molecular complexity index is 364. The van der Waals surface area contributed by atoms with Crippen LogP contribution in [-0.4, -0.2) is 12.6 Å². The molecule has 0 unspecified atom stereocenters. The predicted octanol–water partition coefficient (Wildman–Crippen LogP) is 1.38. The van der Waals surface area contributed by atoms with E-state index in [1.165, 1.54) is 0 Å². The van der Waals surface area contributed by atoms with Crippen molar-refractivity contribution < 1.29 is 4.79 Å². The van der Waals surface area contributed by atoms with E-state index in [1.54, 1.807) is 12.1 Å². The molecule has 1 aromatic carbocycles. The molecule has 15 heavy (non-hydrogen) atoms. The lowest BCUT2D eigenvalue weighted by molar-refractivity contribution is 0.241. The molecule has 0 aliphatic heterocycles. The number of benzene rings is 1. The number of carbonyl (C=O) groups is 1. The maximum atomic E-state index is 11.1. The molecule has 0 aromatic heterocycles. The summed E-state index contributed by atoms with van der Waals surface area (Å²) < 4.78 is 0. The minimum Gasteiger partial charge on any atom is -0.338 e. The molecular weight excluding hydrogens is 190 g/mol. The fourth-order valence-corrected chi connectivity index (χ4v) is 1.10. The van der Waals surface area contributed by atoms with Gasteiger partial charge in [0.25, 0.3) is 0 Å². The topological polar surface area (TPSA) is 64.9 Å². The fourth-order valence-electron chi connectivity index (χ4n) is 1.10. The van der Waals surface area contributed by atoms with Crippen molar-refractivity contribution in [2.45, 2.75) is 13.5 Å². The number of nitrogens with zero attached hydrogens (tertiary/aromatic N) is 1. The highest BCUT2D eigenvalue weighted by Crippen LogP contribution is 2.02. The number of hydrogen-bond acceptors (Lipinski definition) is 2. The molecule has 0 heterocycles. The number of hydrogen-bond donors (Lipinski definition) is 2. The standard InChI is InChI=1S/C11H13N3O/c1-2-13-11(15)14-8-10-5-3-9(7-12)4-6-10/h3-6H,2,8H2,1H3,(H2,13,14,15). The molecule has 1 rings (SSSR count). The third-order valence-corrected chi connectivity index (χ3v) is 1.87. The van der Waals surface area contributed by atoms with Gasteiger partial charge in [0.15, 0.2) is 0 Å². The summed E-state index contributed by atoms with van der Waals surface area (Å²) in [5.74, 6) is 0. The molecule has 4 heteroatoms. The van der Waals surface area contributed by atoms with Gasteiger partial charge in [0.05, 0.1) is 11.6 Å². The van der Waals surface area contributed by atoms with Gasteiger partial charge in [-0.3, -0.25) is 0 Å². The van der Waals surface area contributed by atoms with Crippen LogP contribution in [0.3, 0.4) is 0 Å². The van der Waals surface area contributed by atoms with E-state index in [0.29, 0.717) is 18.7 Å². The van der Waals surface area contributed by atoms with Crippen LogP contribution < -0.4 is 10.6 Å². The van der Waals surface area contributed by atoms with Gasteiger partial charge in [-0.05, 0) is 24.6 Å². The Hall–Kier alpha value is -2.02. The zero-order chi connectivity index (χ0) is 11.1. The lowest BCUT2D eigenvalue weighted by atomic mass is 10.1. The van der Waals surface area contributed by atoms with Crippen molar-refractivity contribution in [2.24, 2.45) is 0 Å². The number of nitriles is 1. The van der Waals surface area contributed by atoms with Gasteiger partial charge in [-0.1, -0.05) is 12.1 Å². The highest BCUT2D eigenvalue weighted by atomic mass is 16.2. The Morgan fingerprint density at radius 1 is 1.33 bits per heavy atom. The third-order valence-electron chi connectivity index (χ3n) is 1.87. The lowest BCUT2D eigenvalue weighted by Crippen LogP contribution is -2.34. The van der Waals surface area contributed by atoms with E-state index in [9.17, 15) is 4.79 Å². The van der Waals surface area contributed by atoms with Gasteiger partial charge in [0.2, 0.25) is 0 Å². The van der Waals surface area contributed by atoms with Crippen LogP contribution >= 0.6 is 0 Å². The SMILES string of the molecule is CCNC(=O)NCc1ccc(C#N)cc1. The Kier molecular flexibility index (Phi) is 4.17. The summed E-state index contributed by atoms with van der Waals surface area (Å²) in [5.41, 5.74) is 1.59. The van der Waals surface area contributed by atoms with E-state index in [1.807, 2.05) is 25.1 Å². The van der Waals surface area contributed by atoms with Gasteiger partial charge >= 0.3 is 6.03 Å². The maximum Gasteiger partial charge on any atom is 0.315 e. The van der Waals surface area contributed by atoms with Crippen LogP contribution in [0, 0.1) is 11.3 Å². The Balaban J connectivity index is 2.45. The minimum atomic E-state index is -0.179. The van der Waals surface area contributed by atoms with Crippen LogP contribution in [0.25, 0.3) is 0 Å². The number of rotatable bonds is 3. The minimum absolute atomic E-state index is 0.179. The zero-order valence-electron chi connectivity index (χ0n) is 8.58. The van der Waals surface area contributed by atoms with Crippen LogP contribution in [0.1, 0.15) is 18.1 Å². The molecule has 1 aromatic rings. The molecule has 0 radical (unpaired) electrons. The first-order valence-electron chi connectivity index (χ1n) is 4.77. The van der Waals surface area contributed by atoms with E-state index in [-0.39, 0.29) is 6.03 Å². The maximum absolute atomic E-state index is 11.1. The third kappa shape index (κ3) is 3.69. The summed E-state index contributed by atoms with van der Waals surface area (Å²) in [5, 5.41) is 13.9. The van der Waals surface area contributed by atoms with Crippen LogP contribution in [-0.2, 0) is 6.54 Å². The first-order valence-corrected chi connectivity index (χ1v) is 4.77. The molecular formula is C11H13N3O. The summed E-state index contributed by atoms with van der Waals surface area (Å²) in [6, 6.07) is 8.97. The molecule has 2 amide bonds. The van der Waals surface area contributed by atoms with Crippen LogP contribution in [0.15, 0.2) is 24.3 Å². The van der Waals surface area contributed by atoms with Crippen molar-refractivity contribution in [3.63, 3.8) is 0 Å². The summed E-state index contributed by atoms with van der Waals surface area (Å²) in [6.45, 7) is 2.94. The van der Waals surface area contributed by atoms with E-state index in [4.69, 9.17) is 5.26 Å². The average Bonchev–Trinajstić information content (AvgIpc) is 2.27. The van der Waals surface area contributed by atoms with Gasteiger partial charge in [0, 0.05) is 13.1 Å². The first kappa shape index (κ1) is 11.1. The summed E-state index contributed by atoms with van der Waals surface area (Å²) in [7, 11) is 0. The molecule has 0 aliphatic carbocycles. The normalized spacial score (nSPS) is 9.07. The largest absolute Gasteiger partial charge is 0.338 e. The average molecular weight is 203 g/mol. The molecule has 4 nitrogen and oxygen atoms in total. The van der Waals surface area contributed by atoms with Crippen molar-refractivity contribution in [1.29, 1.82) is 5.26 Å². The fraction of sp³-hybridized carbons (Fsp3) is 0.273. The molecule has 0 atom stereocenters. The van der Waals surface area contributed by atoms with Gasteiger partial charge in [-0.2, -0.15) is 5.26 Å². The van der Waals surface area contributed by atoms with Crippen molar-refractivity contribution >= 4 is 6.03 Å². The first-order chi connectivity index (χ1) is 7.26. The second-order valence-corrected chi connectivity index (χ2v) is 3.02. The van der Waals surface area contributed by atoms with E-state index >= 15 is 0 Å². The van der Waals surface area contributed by atoms with Crippen LogP contribution in [0.4, 0.5) is 4.79 Å². The van der Waals surface area contributed by atoms with E-state index < -0.39 is 0 Å². The molecule has 0 spiro atoms. The van der Waals surface area contributed by atoms with Crippen molar-refractivity contribution in [2.75, 3.05) is 6.54 Å². The molecule has 2 N–H and O–H groups in total. The Morgan fingerprint density at radius 2 is 2.00 bits per heavy atom. The van der Waals surface area contributed by atoms with E-state index in [2.05, 4.69) is 10.6 Å². The highest BCUT2D eigenvalue weighted by molar-refractivity contribution is 5.73. The summed E-state index contributed by atoms with van der Waals surface area (Å²) in [6.07, 6.45) is 0. The van der Waals surface area contributed by atoms with Crippen molar-refractivity contribution in [3.8, 4) is 6.07 Å². The molecule has 0 saturated carbocycles. The summed E-state index contributed by atoms with van der Waals surface area (Å²) >= 11 is 0. The Morgan fingerprint density at radius 3 is 2.53 bits per heavy atom.